The topological polar surface area (TPSA) is 29.5 Å². The summed E-state index contributed by atoms with van der Waals surface area (Å²) in [5.41, 5.74) is 4.57. The highest BCUT2D eigenvalue weighted by Crippen LogP contribution is 2.35. The highest BCUT2D eigenvalue weighted by Gasteiger charge is 2.15. The molecule has 118 valence electrons. The summed E-state index contributed by atoms with van der Waals surface area (Å²) in [6.45, 7) is 8.49. The molecule has 1 N–H and O–H groups in total. The van der Waals surface area contributed by atoms with E-state index in [1.54, 1.807) is 7.11 Å². The van der Waals surface area contributed by atoms with Gasteiger partial charge in [-0.25, -0.2) is 0 Å². The van der Waals surface area contributed by atoms with Crippen LogP contribution >= 0.6 is 0 Å². The molecule has 0 saturated carbocycles. The highest BCUT2D eigenvalue weighted by molar-refractivity contribution is 5.48. The molecule has 0 aromatic heterocycles. The van der Waals surface area contributed by atoms with E-state index in [1.165, 1.54) is 11.1 Å². The number of phenolic OH excluding ortho intramolecular Hbond substituents is 1. The zero-order chi connectivity index (χ0) is 16.3. The summed E-state index contributed by atoms with van der Waals surface area (Å²) >= 11 is 0. The van der Waals surface area contributed by atoms with Crippen LogP contribution in [-0.4, -0.2) is 12.2 Å². The zero-order valence-corrected chi connectivity index (χ0v) is 14.2. The molecule has 0 heterocycles. The fraction of sp³-hybridized carbons (Fsp3) is 0.400. The summed E-state index contributed by atoms with van der Waals surface area (Å²) < 4.78 is 5.20. The molecule has 2 rings (SSSR count). The maximum atomic E-state index is 10.5. The minimum absolute atomic E-state index is 0.313. The van der Waals surface area contributed by atoms with Crippen molar-refractivity contribution < 1.29 is 9.84 Å². The summed E-state index contributed by atoms with van der Waals surface area (Å²) in [7, 11) is 1.68. The van der Waals surface area contributed by atoms with Crippen molar-refractivity contribution in [3.05, 3.63) is 58.7 Å². The van der Waals surface area contributed by atoms with E-state index in [9.17, 15) is 5.11 Å². The molecule has 22 heavy (non-hydrogen) atoms. The lowest BCUT2D eigenvalue weighted by Gasteiger charge is -2.17. The van der Waals surface area contributed by atoms with Crippen LogP contribution in [-0.2, 0) is 6.42 Å². The predicted octanol–water partition coefficient (Wildman–Crippen LogP) is 5.24. The fourth-order valence-electron chi connectivity index (χ4n) is 2.71. The van der Waals surface area contributed by atoms with Gasteiger partial charge in [-0.2, -0.15) is 0 Å². The van der Waals surface area contributed by atoms with Gasteiger partial charge in [-0.05, 0) is 52.6 Å². The second-order valence-corrected chi connectivity index (χ2v) is 6.46. The van der Waals surface area contributed by atoms with E-state index in [4.69, 9.17) is 4.74 Å². The predicted molar refractivity (Wildman–Crippen MR) is 92.1 cm³/mol. The molecule has 2 aromatic rings. The van der Waals surface area contributed by atoms with Gasteiger partial charge < -0.3 is 9.84 Å². The number of hydrogen-bond donors (Lipinski definition) is 1. The second-order valence-electron chi connectivity index (χ2n) is 6.46. The molecule has 2 nitrogen and oxygen atoms in total. The molecular weight excluding hydrogens is 272 g/mol. The molecule has 0 radical (unpaired) electrons. The summed E-state index contributed by atoms with van der Waals surface area (Å²) in [4.78, 5) is 0. The van der Waals surface area contributed by atoms with E-state index in [1.807, 2.05) is 12.1 Å². The Morgan fingerprint density at radius 3 is 1.77 bits per heavy atom. The van der Waals surface area contributed by atoms with Crippen molar-refractivity contribution in [2.75, 3.05) is 7.11 Å². The lowest BCUT2D eigenvalue weighted by molar-refractivity contribution is 0.414. The van der Waals surface area contributed by atoms with Gasteiger partial charge in [0.25, 0.3) is 0 Å². The van der Waals surface area contributed by atoms with Crippen LogP contribution in [0.1, 0.15) is 61.8 Å². The Morgan fingerprint density at radius 1 is 0.864 bits per heavy atom. The van der Waals surface area contributed by atoms with Gasteiger partial charge in [0.05, 0.1) is 7.11 Å². The SMILES string of the molecule is COc1ccc(Cc2cc(C(C)C)c(O)c(C(C)C)c2)cc1. The number of aromatic hydroxyl groups is 1. The van der Waals surface area contributed by atoms with Crippen LogP contribution < -0.4 is 4.74 Å². The van der Waals surface area contributed by atoms with Gasteiger partial charge in [0.15, 0.2) is 0 Å². The Bertz CT molecular complexity index is 596. The molecule has 0 fully saturated rings. The van der Waals surface area contributed by atoms with E-state index >= 15 is 0 Å². The third kappa shape index (κ3) is 3.62. The summed E-state index contributed by atoms with van der Waals surface area (Å²) in [5.74, 6) is 1.96. The van der Waals surface area contributed by atoms with Crippen molar-refractivity contribution in [3.8, 4) is 11.5 Å². The number of rotatable bonds is 5. The molecular formula is C20H26O2. The van der Waals surface area contributed by atoms with Gasteiger partial charge in [-0.3, -0.25) is 0 Å². The van der Waals surface area contributed by atoms with E-state index in [2.05, 4.69) is 52.0 Å². The largest absolute Gasteiger partial charge is 0.507 e. The van der Waals surface area contributed by atoms with Crippen LogP contribution in [0.5, 0.6) is 11.5 Å². The monoisotopic (exact) mass is 298 g/mol. The van der Waals surface area contributed by atoms with Crippen molar-refractivity contribution in [2.45, 2.75) is 46.0 Å². The van der Waals surface area contributed by atoms with Gasteiger partial charge in [0.2, 0.25) is 0 Å². The van der Waals surface area contributed by atoms with Crippen LogP contribution in [0.25, 0.3) is 0 Å². The first-order chi connectivity index (χ1) is 10.4. The lowest BCUT2D eigenvalue weighted by Crippen LogP contribution is -1.99. The number of benzene rings is 2. The third-order valence-corrected chi connectivity index (χ3v) is 4.04. The summed E-state index contributed by atoms with van der Waals surface area (Å²) in [5, 5.41) is 10.5. The average Bonchev–Trinajstić information content (AvgIpc) is 2.49. The number of phenols is 1. The maximum Gasteiger partial charge on any atom is 0.122 e. The molecule has 0 aliphatic carbocycles. The normalized spacial score (nSPS) is 11.2. The fourth-order valence-corrected chi connectivity index (χ4v) is 2.71. The quantitative estimate of drug-likeness (QED) is 0.818. The van der Waals surface area contributed by atoms with Crippen molar-refractivity contribution in [3.63, 3.8) is 0 Å². The first-order valence-corrected chi connectivity index (χ1v) is 7.91. The molecule has 0 atom stereocenters. The molecule has 0 saturated heterocycles. The lowest BCUT2D eigenvalue weighted by atomic mass is 9.90. The van der Waals surface area contributed by atoms with Crippen LogP contribution in [0, 0.1) is 0 Å². The van der Waals surface area contributed by atoms with Gasteiger partial charge in [0, 0.05) is 0 Å². The van der Waals surface area contributed by atoms with E-state index in [0.29, 0.717) is 17.6 Å². The average molecular weight is 298 g/mol. The minimum atomic E-state index is 0.313. The Balaban J connectivity index is 2.37. The first-order valence-electron chi connectivity index (χ1n) is 7.91. The first kappa shape index (κ1) is 16.4. The Labute approximate surface area is 133 Å². The van der Waals surface area contributed by atoms with E-state index in [-0.39, 0.29) is 0 Å². The highest BCUT2D eigenvalue weighted by atomic mass is 16.5. The summed E-state index contributed by atoms with van der Waals surface area (Å²) in [6.07, 6.45) is 0.865. The zero-order valence-electron chi connectivity index (χ0n) is 14.2. The van der Waals surface area contributed by atoms with Crippen molar-refractivity contribution >= 4 is 0 Å². The van der Waals surface area contributed by atoms with Gasteiger partial charge in [-0.15, -0.1) is 0 Å². The summed E-state index contributed by atoms with van der Waals surface area (Å²) in [6, 6.07) is 12.4. The van der Waals surface area contributed by atoms with Crippen LogP contribution in [0.3, 0.4) is 0 Å². The van der Waals surface area contributed by atoms with Crippen molar-refractivity contribution in [2.24, 2.45) is 0 Å². The molecule has 0 spiro atoms. The second kappa shape index (κ2) is 6.87. The van der Waals surface area contributed by atoms with Crippen molar-refractivity contribution in [1.29, 1.82) is 0 Å². The van der Waals surface area contributed by atoms with Gasteiger partial charge >= 0.3 is 0 Å². The standard InChI is InChI=1S/C20H26O2/c1-13(2)18-11-16(12-19(14(3)4)20(18)21)10-15-6-8-17(22-5)9-7-15/h6-9,11-14,21H,10H2,1-5H3. The molecule has 0 aliphatic heterocycles. The van der Waals surface area contributed by atoms with Crippen LogP contribution in [0.2, 0.25) is 0 Å². The van der Waals surface area contributed by atoms with Crippen LogP contribution in [0.15, 0.2) is 36.4 Å². The molecule has 0 amide bonds. The third-order valence-electron chi connectivity index (χ3n) is 4.04. The smallest absolute Gasteiger partial charge is 0.122 e. The maximum absolute atomic E-state index is 10.5. The van der Waals surface area contributed by atoms with Gasteiger partial charge in [0.1, 0.15) is 11.5 Å². The number of methoxy groups -OCH3 is 1. The molecule has 0 aliphatic rings. The van der Waals surface area contributed by atoms with Crippen LogP contribution in [0.4, 0.5) is 0 Å². The van der Waals surface area contributed by atoms with E-state index in [0.717, 1.165) is 23.3 Å². The van der Waals surface area contributed by atoms with E-state index < -0.39 is 0 Å². The minimum Gasteiger partial charge on any atom is -0.507 e. The Morgan fingerprint density at radius 2 is 1.36 bits per heavy atom. The number of ether oxygens (including phenoxy) is 1. The number of hydrogen-bond acceptors (Lipinski definition) is 2. The Hall–Kier alpha value is -1.96. The molecule has 0 unspecified atom stereocenters. The Kier molecular flexibility index (Phi) is 5.12. The molecule has 0 bridgehead atoms. The molecule has 2 aromatic carbocycles. The van der Waals surface area contributed by atoms with Gasteiger partial charge in [-0.1, -0.05) is 52.0 Å². The van der Waals surface area contributed by atoms with Crippen molar-refractivity contribution in [1.82, 2.24) is 0 Å². The molecule has 2 heteroatoms.